The van der Waals surface area contributed by atoms with Gasteiger partial charge in [0.15, 0.2) is 5.60 Å². The van der Waals surface area contributed by atoms with E-state index in [1.807, 2.05) is 4.90 Å². The number of alkyl halides is 3. The summed E-state index contributed by atoms with van der Waals surface area (Å²) < 4.78 is 53.4. The van der Waals surface area contributed by atoms with E-state index in [1.165, 1.54) is 18.2 Å². The minimum absolute atomic E-state index is 0.0102. The van der Waals surface area contributed by atoms with Crippen molar-refractivity contribution in [2.75, 3.05) is 0 Å². The molecule has 1 aromatic heterocycles. The molecule has 2 aliphatic carbocycles. The number of hydrogen-bond acceptors (Lipinski definition) is 3. The fourth-order valence-corrected chi connectivity index (χ4v) is 4.56. The lowest BCUT2D eigenvalue weighted by molar-refractivity contribution is -0.258. The lowest BCUT2D eigenvalue weighted by atomic mass is 9.82. The summed E-state index contributed by atoms with van der Waals surface area (Å²) >= 11 is 0. The molecular formula is C24H26F4N2O2. The second-order valence-electron chi connectivity index (χ2n) is 8.97. The summed E-state index contributed by atoms with van der Waals surface area (Å²) in [6, 6.07) is 8.14. The predicted molar refractivity (Wildman–Crippen MR) is 110 cm³/mol. The van der Waals surface area contributed by atoms with E-state index in [1.54, 1.807) is 12.3 Å². The van der Waals surface area contributed by atoms with Crippen LogP contribution in [-0.4, -0.2) is 39.2 Å². The van der Waals surface area contributed by atoms with Gasteiger partial charge in [0.2, 0.25) is 0 Å². The fraction of sp³-hybridized carbons (Fsp3) is 0.500. The zero-order valence-corrected chi connectivity index (χ0v) is 17.8. The number of halogens is 4. The molecule has 0 spiro atoms. The van der Waals surface area contributed by atoms with E-state index in [0.717, 1.165) is 50.7 Å². The van der Waals surface area contributed by atoms with Crippen LogP contribution in [0.4, 0.5) is 17.6 Å². The summed E-state index contributed by atoms with van der Waals surface area (Å²) in [4.78, 5) is 19.3. The van der Waals surface area contributed by atoms with E-state index >= 15 is 0 Å². The minimum atomic E-state index is -4.82. The first-order valence-electron chi connectivity index (χ1n) is 10.9. The van der Waals surface area contributed by atoms with Crippen molar-refractivity contribution in [3.05, 3.63) is 65.2 Å². The first kappa shape index (κ1) is 22.7. The number of benzene rings is 1. The predicted octanol–water partition coefficient (Wildman–Crippen LogP) is 5.32. The minimum Gasteiger partial charge on any atom is -0.376 e. The third-order valence-electron chi connectivity index (χ3n) is 6.68. The molecule has 2 fully saturated rings. The highest BCUT2D eigenvalue weighted by Gasteiger charge is 2.51. The van der Waals surface area contributed by atoms with Crippen molar-refractivity contribution < 1.29 is 27.5 Å². The van der Waals surface area contributed by atoms with Crippen molar-refractivity contribution >= 4 is 5.91 Å². The molecule has 172 valence electrons. The van der Waals surface area contributed by atoms with Gasteiger partial charge in [-0.15, -0.1) is 0 Å². The molecular weight excluding hydrogens is 424 g/mol. The number of hydrogen-bond donors (Lipinski definition) is 1. The van der Waals surface area contributed by atoms with Crippen LogP contribution in [0, 0.1) is 5.82 Å². The first-order valence-corrected chi connectivity index (χ1v) is 10.9. The zero-order chi connectivity index (χ0) is 23.1. The summed E-state index contributed by atoms with van der Waals surface area (Å²) in [6.07, 6.45) is 1.48. The molecule has 4 rings (SSSR count). The molecule has 8 heteroatoms. The van der Waals surface area contributed by atoms with Crippen LogP contribution in [0.5, 0.6) is 0 Å². The molecule has 2 aromatic rings. The van der Waals surface area contributed by atoms with Crippen molar-refractivity contribution in [1.29, 1.82) is 0 Å². The Kier molecular flexibility index (Phi) is 6.00. The topological polar surface area (TPSA) is 53.4 Å². The Hall–Kier alpha value is -2.48. The van der Waals surface area contributed by atoms with Crippen LogP contribution in [0.15, 0.2) is 42.6 Å². The van der Waals surface area contributed by atoms with Crippen molar-refractivity contribution in [1.82, 2.24) is 9.88 Å². The van der Waals surface area contributed by atoms with Crippen molar-refractivity contribution in [2.45, 2.75) is 75.2 Å². The maximum atomic E-state index is 14.1. The number of carbonyl (C=O) groups excluding carboxylic acids is 1. The number of nitrogens with zero attached hydrogens (tertiary/aromatic N) is 2. The summed E-state index contributed by atoms with van der Waals surface area (Å²) in [6.45, 7) is 0.698. The normalized spacial score (nSPS) is 23.4. The van der Waals surface area contributed by atoms with Crippen molar-refractivity contribution in [2.24, 2.45) is 0 Å². The Labute approximate surface area is 184 Å². The quantitative estimate of drug-likeness (QED) is 0.628. The number of pyridine rings is 1. The van der Waals surface area contributed by atoms with Gasteiger partial charge in [-0.3, -0.25) is 9.78 Å². The second kappa shape index (κ2) is 8.46. The number of aliphatic hydroxyl groups is 1. The Bertz CT molecular complexity index is 963. The zero-order valence-electron chi connectivity index (χ0n) is 17.8. The fourth-order valence-electron chi connectivity index (χ4n) is 4.56. The summed E-state index contributed by atoms with van der Waals surface area (Å²) in [5, 5.41) is 9.85. The molecule has 1 heterocycles. The highest BCUT2D eigenvalue weighted by Crippen LogP contribution is 2.41. The monoisotopic (exact) mass is 450 g/mol. The van der Waals surface area contributed by atoms with E-state index in [-0.39, 0.29) is 35.3 Å². The molecule has 32 heavy (non-hydrogen) atoms. The van der Waals surface area contributed by atoms with Crippen molar-refractivity contribution in [3.63, 3.8) is 0 Å². The molecule has 2 saturated carbocycles. The van der Waals surface area contributed by atoms with Crippen LogP contribution in [0.25, 0.3) is 0 Å². The smallest absolute Gasteiger partial charge is 0.376 e. The largest absolute Gasteiger partial charge is 0.421 e. The Morgan fingerprint density at radius 1 is 1.00 bits per heavy atom. The number of carbonyl (C=O) groups is 1. The maximum absolute atomic E-state index is 14.1. The van der Waals surface area contributed by atoms with Crippen LogP contribution in [0.1, 0.15) is 73.0 Å². The Balaban J connectivity index is 1.47. The van der Waals surface area contributed by atoms with E-state index in [2.05, 4.69) is 4.98 Å². The van der Waals surface area contributed by atoms with E-state index in [0.29, 0.717) is 18.2 Å². The van der Waals surface area contributed by atoms with Gasteiger partial charge in [0.05, 0.1) is 5.69 Å². The van der Waals surface area contributed by atoms with Gasteiger partial charge in [-0.1, -0.05) is 12.1 Å². The van der Waals surface area contributed by atoms with Gasteiger partial charge in [-0.05, 0) is 75.3 Å². The summed E-state index contributed by atoms with van der Waals surface area (Å²) in [7, 11) is 0. The van der Waals surface area contributed by atoms with E-state index < -0.39 is 11.8 Å². The molecule has 4 nitrogen and oxygen atoms in total. The molecule has 0 saturated heterocycles. The van der Waals surface area contributed by atoms with Crippen LogP contribution < -0.4 is 0 Å². The lowest BCUT2D eigenvalue weighted by Gasteiger charge is -2.37. The lowest BCUT2D eigenvalue weighted by Crippen LogP contribution is -2.44. The highest BCUT2D eigenvalue weighted by atomic mass is 19.4. The van der Waals surface area contributed by atoms with E-state index in [9.17, 15) is 27.5 Å². The average molecular weight is 450 g/mol. The summed E-state index contributed by atoms with van der Waals surface area (Å²) in [5.74, 6) is -0.494. The molecule has 0 aliphatic heterocycles. The molecule has 0 bridgehead atoms. The van der Waals surface area contributed by atoms with Crippen LogP contribution >= 0.6 is 0 Å². The summed E-state index contributed by atoms with van der Waals surface area (Å²) in [5.41, 5.74) is -2.51. The molecule has 1 aromatic carbocycles. The molecule has 2 aliphatic rings. The molecule has 0 unspecified atom stereocenters. The SMILES string of the molecule is C[C@](O)(c1ccc(C(=O)N(C2CC2)[C@H]2CC[C@@H](c3ncccc3F)CC2)cc1)C(F)(F)F. The Morgan fingerprint density at radius 2 is 1.56 bits per heavy atom. The standard InChI is InChI=1S/C24H26F4N2O2/c1-23(32,24(26,27)28)17-8-4-16(5-9-17)22(31)30(19-12-13-19)18-10-6-15(7-11-18)21-20(25)3-2-14-29-21/h2-5,8-9,14-15,18-19,32H,6-7,10-13H2,1H3/t15-,18+,23-/m0/s1. The van der Waals surface area contributed by atoms with Gasteiger partial charge >= 0.3 is 6.18 Å². The number of aromatic nitrogens is 1. The van der Waals surface area contributed by atoms with Gasteiger partial charge in [0.25, 0.3) is 5.91 Å². The van der Waals surface area contributed by atoms with Gasteiger partial charge in [0.1, 0.15) is 5.82 Å². The van der Waals surface area contributed by atoms with E-state index in [4.69, 9.17) is 0 Å². The third kappa shape index (κ3) is 4.37. The number of rotatable bonds is 5. The van der Waals surface area contributed by atoms with Gasteiger partial charge in [-0.25, -0.2) is 4.39 Å². The Morgan fingerprint density at radius 3 is 2.06 bits per heavy atom. The van der Waals surface area contributed by atoms with Crippen LogP contribution in [0.2, 0.25) is 0 Å². The van der Waals surface area contributed by atoms with Crippen LogP contribution in [-0.2, 0) is 5.60 Å². The average Bonchev–Trinajstić information content (AvgIpc) is 3.59. The van der Waals surface area contributed by atoms with Gasteiger partial charge < -0.3 is 10.0 Å². The highest BCUT2D eigenvalue weighted by molar-refractivity contribution is 5.95. The molecule has 0 radical (unpaired) electrons. The maximum Gasteiger partial charge on any atom is 0.421 e. The van der Waals surface area contributed by atoms with Gasteiger partial charge in [0, 0.05) is 29.8 Å². The first-order chi connectivity index (χ1) is 15.1. The molecule has 1 N–H and O–H groups in total. The second-order valence-corrected chi connectivity index (χ2v) is 8.97. The van der Waals surface area contributed by atoms with Gasteiger partial charge in [-0.2, -0.15) is 13.2 Å². The molecule has 1 amide bonds. The molecule has 1 atom stereocenters. The number of amides is 1. The van der Waals surface area contributed by atoms with Crippen LogP contribution in [0.3, 0.4) is 0 Å². The third-order valence-corrected chi connectivity index (χ3v) is 6.68. The van der Waals surface area contributed by atoms with Crippen molar-refractivity contribution in [3.8, 4) is 0 Å².